The number of para-hydroxylation sites is 1. The van der Waals surface area contributed by atoms with Crippen molar-refractivity contribution in [2.45, 2.75) is 26.3 Å². The zero-order valence-electron chi connectivity index (χ0n) is 7.54. The normalized spacial score (nSPS) is 12.9. The van der Waals surface area contributed by atoms with E-state index in [0.717, 1.165) is 17.5 Å². The van der Waals surface area contributed by atoms with Crippen LogP contribution >= 0.6 is 0 Å². The summed E-state index contributed by atoms with van der Waals surface area (Å²) in [5, 5.41) is 9.68. The lowest BCUT2D eigenvalue weighted by Gasteiger charge is -2.10. The number of phenolic OH excluding ortho intramolecular Hbond substituents is 1. The van der Waals surface area contributed by atoms with Crippen LogP contribution in [0.5, 0.6) is 5.75 Å². The van der Waals surface area contributed by atoms with E-state index in [9.17, 15) is 5.11 Å². The van der Waals surface area contributed by atoms with Gasteiger partial charge in [0.2, 0.25) is 0 Å². The van der Waals surface area contributed by atoms with Gasteiger partial charge in [0, 0.05) is 11.6 Å². The Kier molecular flexibility index (Phi) is 2.71. The molecule has 0 aliphatic carbocycles. The molecule has 0 unspecified atom stereocenters. The highest BCUT2D eigenvalue weighted by molar-refractivity contribution is 5.41. The van der Waals surface area contributed by atoms with Crippen LogP contribution in [-0.4, -0.2) is 5.11 Å². The van der Waals surface area contributed by atoms with Crippen molar-refractivity contribution in [1.29, 1.82) is 0 Å². The first kappa shape index (κ1) is 9.07. The Morgan fingerprint density at radius 3 is 2.67 bits per heavy atom. The Hall–Kier alpha value is -1.02. The summed E-state index contributed by atoms with van der Waals surface area (Å²) >= 11 is 0. The monoisotopic (exact) mass is 165 g/mol. The van der Waals surface area contributed by atoms with Crippen LogP contribution in [-0.2, 0) is 6.42 Å². The molecule has 1 aromatic rings. The molecule has 0 bridgehead atoms. The summed E-state index contributed by atoms with van der Waals surface area (Å²) in [6, 6.07) is 5.61. The molecule has 1 aromatic carbocycles. The molecule has 3 N–H and O–H groups in total. The van der Waals surface area contributed by atoms with Gasteiger partial charge in [-0.2, -0.15) is 0 Å². The van der Waals surface area contributed by atoms with Crippen LogP contribution in [0, 0.1) is 0 Å². The number of benzene rings is 1. The number of aryl methyl sites for hydroxylation is 1. The van der Waals surface area contributed by atoms with E-state index in [1.165, 1.54) is 0 Å². The molecule has 0 saturated carbocycles. The number of aromatic hydroxyl groups is 1. The van der Waals surface area contributed by atoms with E-state index in [0.29, 0.717) is 5.75 Å². The third-order valence-corrected chi connectivity index (χ3v) is 2.02. The van der Waals surface area contributed by atoms with Gasteiger partial charge in [-0.25, -0.2) is 0 Å². The molecule has 0 fully saturated rings. The summed E-state index contributed by atoms with van der Waals surface area (Å²) in [4.78, 5) is 0. The van der Waals surface area contributed by atoms with Crippen molar-refractivity contribution in [2.24, 2.45) is 5.73 Å². The average molecular weight is 165 g/mol. The van der Waals surface area contributed by atoms with E-state index in [1.807, 2.05) is 32.0 Å². The van der Waals surface area contributed by atoms with Crippen LogP contribution in [0.15, 0.2) is 18.2 Å². The Morgan fingerprint density at radius 1 is 1.50 bits per heavy atom. The van der Waals surface area contributed by atoms with Crippen LogP contribution in [0.2, 0.25) is 0 Å². The lowest BCUT2D eigenvalue weighted by atomic mass is 10.0. The second-order valence-corrected chi connectivity index (χ2v) is 3.00. The molecule has 0 aliphatic rings. The van der Waals surface area contributed by atoms with Crippen LogP contribution in [0.25, 0.3) is 0 Å². The van der Waals surface area contributed by atoms with Gasteiger partial charge in [0.05, 0.1) is 0 Å². The number of nitrogens with two attached hydrogens (primary N) is 1. The topological polar surface area (TPSA) is 46.2 Å². The summed E-state index contributed by atoms with van der Waals surface area (Å²) in [5.41, 5.74) is 7.47. The van der Waals surface area contributed by atoms with Crippen molar-refractivity contribution in [3.05, 3.63) is 29.3 Å². The van der Waals surface area contributed by atoms with Gasteiger partial charge in [-0.15, -0.1) is 0 Å². The van der Waals surface area contributed by atoms with Gasteiger partial charge in [0.1, 0.15) is 5.75 Å². The Balaban J connectivity index is 3.14. The number of rotatable bonds is 2. The van der Waals surface area contributed by atoms with E-state index < -0.39 is 0 Å². The molecule has 0 heterocycles. The fourth-order valence-corrected chi connectivity index (χ4v) is 1.26. The van der Waals surface area contributed by atoms with Crippen LogP contribution in [0.3, 0.4) is 0 Å². The second-order valence-electron chi connectivity index (χ2n) is 3.00. The van der Waals surface area contributed by atoms with E-state index in [1.54, 1.807) is 0 Å². The molecule has 0 aliphatic heterocycles. The highest BCUT2D eigenvalue weighted by Crippen LogP contribution is 2.26. The smallest absolute Gasteiger partial charge is 0.123 e. The van der Waals surface area contributed by atoms with Gasteiger partial charge in [-0.1, -0.05) is 25.1 Å². The minimum atomic E-state index is -0.100. The third kappa shape index (κ3) is 1.59. The maximum absolute atomic E-state index is 9.68. The van der Waals surface area contributed by atoms with E-state index in [4.69, 9.17) is 5.73 Å². The van der Waals surface area contributed by atoms with Crippen molar-refractivity contribution in [3.63, 3.8) is 0 Å². The van der Waals surface area contributed by atoms with Crippen molar-refractivity contribution < 1.29 is 5.11 Å². The molecule has 0 radical (unpaired) electrons. The van der Waals surface area contributed by atoms with Gasteiger partial charge in [-0.05, 0) is 18.9 Å². The Bertz CT molecular complexity index is 269. The van der Waals surface area contributed by atoms with Crippen molar-refractivity contribution in [2.75, 3.05) is 0 Å². The summed E-state index contributed by atoms with van der Waals surface area (Å²) < 4.78 is 0. The molecule has 66 valence electrons. The van der Waals surface area contributed by atoms with Gasteiger partial charge in [0.25, 0.3) is 0 Å². The van der Waals surface area contributed by atoms with Crippen molar-refractivity contribution >= 4 is 0 Å². The standard InChI is InChI=1S/C10H15NO/c1-3-8-5-4-6-9(7(2)11)10(8)12/h4-7,12H,3,11H2,1-2H3/t7-/m1/s1. The van der Waals surface area contributed by atoms with E-state index in [-0.39, 0.29) is 6.04 Å². The van der Waals surface area contributed by atoms with Gasteiger partial charge >= 0.3 is 0 Å². The van der Waals surface area contributed by atoms with Crippen LogP contribution < -0.4 is 5.73 Å². The molecule has 1 rings (SSSR count). The maximum Gasteiger partial charge on any atom is 0.123 e. The molecule has 0 spiro atoms. The number of hydrogen-bond donors (Lipinski definition) is 2. The molecule has 0 aromatic heterocycles. The fourth-order valence-electron chi connectivity index (χ4n) is 1.26. The van der Waals surface area contributed by atoms with E-state index >= 15 is 0 Å². The van der Waals surface area contributed by atoms with Gasteiger partial charge in [-0.3, -0.25) is 0 Å². The molecule has 1 atom stereocenters. The first-order valence-electron chi connectivity index (χ1n) is 4.23. The lowest BCUT2D eigenvalue weighted by molar-refractivity contribution is 0.457. The molecule has 2 nitrogen and oxygen atoms in total. The molecule has 12 heavy (non-hydrogen) atoms. The highest BCUT2D eigenvalue weighted by atomic mass is 16.3. The zero-order valence-corrected chi connectivity index (χ0v) is 7.54. The highest BCUT2D eigenvalue weighted by Gasteiger charge is 2.07. The molecular weight excluding hydrogens is 150 g/mol. The molecular formula is C10H15NO. The third-order valence-electron chi connectivity index (χ3n) is 2.02. The second kappa shape index (κ2) is 3.59. The first-order chi connectivity index (χ1) is 5.66. The maximum atomic E-state index is 9.68. The summed E-state index contributed by atoms with van der Waals surface area (Å²) in [6.07, 6.45) is 0.840. The number of phenols is 1. The predicted octanol–water partition coefficient (Wildman–Crippen LogP) is 1.97. The van der Waals surface area contributed by atoms with Gasteiger partial charge < -0.3 is 10.8 Å². The SMILES string of the molecule is CCc1cccc([C@@H](C)N)c1O. The molecule has 0 amide bonds. The molecule has 0 saturated heterocycles. The summed E-state index contributed by atoms with van der Waals surface area (Å²) in [7, 11) is 0. The van der Waals surface area contributed by atoms with Crippen LogP contribution in [0.1, 0.15) is 31.0 Å². The Labute approximate surface area is 73.0 Å². The van der Waals surface area contributed by atoms with Crippen molar-refractivity contribution in [1.82, 2.24) is 0 Å². The lowest BCUT2D eigenvalue weighted by Crippen LogP contribution is -2.05. The van der Waals surface area contributed by atoms with Gasteiger partial charge in [0.15, 0.2) is 0 Å². The summed E-state index contributed by atoms with van der Waals surface area (Å²) in [6.45, 7) is 3.88. The molecule has 2 heteroatoms. The number of hydrogen-bond acceptors (Lipinski definition) is 2. The minimum absolute atomic E-state index is 0.100. The quantitative estimate of drug-likeness (QED) is 0.703. The zero-order chi connectivity index (χ0) is 9.14. The van der Waals surface area contributed by atoms with E-state index in [2.05, 4.69) is 0 Å². The first-order valence-corrected chi connectivity index (χ1v) is 4.23. The Morgan fingerprint density at radius 2 is 2.17 bits per heavy atom. The summed E-state index contributed by atoms with van der Waals surface area (Å²) in [5.74, 6) is 0.356. The fraction of sp³-hybridized carbons (Fsp3) is 0.400. The predicted molar refractivity (Wildman–Crippen MR) is 50.1 cm³/mol. The van der Waals surface area contributed by atoms with Crippen LogP contribution in [0.4, 0.5) is 0 Å². The minimum Gasteiger partial charge on any atom is -0.507 e. The van der Waals surface area contributed by atoms with Crippen molar-refractivity contribution in [3.8, 4) is 5.75 Å². The average Bonchev–Trinajstić information content (AvgIpc) is 2.04. The largest absolute Gasteiger partial charge is 0.507 e.